The Kier molecular flexibility index (Phi) is 6.39. The van der Waals surface area contributed by atoms with Crippen LogP contribution in [-0.2, 0) is 6.42 Å². The van der Waals surface area contributed by atoms with Gasteiger partial charge in [-0.3, -0.25) is 0 Å². The molecule has 0 radical (unpaired) electrons. The molecular weight excluding hydrogens is 250 g/mol. The molecule has 0 amide bonds. The zero-order valence-electron chi connectivity index (χ0n) is 10.9. The van der Waals surface area contributed by atoms with Crippen LogP contribution in [0.4, 0.5) is 0 Å². The van der Waals surface area contributed by atoms with Crippen molar-refractivity contribution in [3.8, 4) is 0 Å². The smallest absolute Gasteiger partial charge is 0.0449 e. The fourth-order valence-electron chi connectivity index (χ4n) is 1.60. The molecule has 1 rings (SSSR count). The number of benzene rings is 1. The molecular formula is C14H22ClNS. The quantitative estimate of drug-likeness (QED) is 0.778. The van der Waals surface area contributed by atoms with Crippen molar-refractivity contribution in [2.24, 2.45) is 11.7 Å². The molecule has 0 spiro atoms. The third-order valence-corrected chi connectivity index (χ3v) is 4.04. The number of hydrogen-bond acceptors (Lipinski definition) is 2. The minimum Gasteiger partial charge on any atom is -0.328 e. The molecule has 17 heavy (non-hydrogen) atoms. The van der Waals surface area contributed by atoms with E-state index in [0.717, 1.165) is 23.1 Å². The van der Waals surface area contributed by atoms with E-state index in [9.17, 15) is 0 Å². The van der Waals surface area contributed by atoms with E-state index in [1.165, 1.54) is 16.9 Å². The Balaban J connectivity index is 2.72. The van der Waals surface area contributed by atoms with Gasteiger partial charge in [0.25, 0.3) is 0 Å². The molecule has 0 saturated carbocycles. The highest BCUT2D eigenvalue weighted by molar-refractivity contribution is 7.99. The summed E-state index contributed by atoms with van der Waals surface area (Å²) in [7, 11) is 0. The van der Waals surface area contributed by atoms with Crippen LogP contribution in [0.1, 0.15) is 32.8 Å². The topological polar surface area (TPSA) is 26.0 Å². The maximum Gasteiger partial charge on any atom is 0.0449 e. The Morgan fingerprint density at radius 2 is 2.00 bits per heavy atom. The Bertz CT molecular complexity index is 350. The summed E-state index contributed by atoms with van der Waals surface area (Å²) < 4.78 is 0. The van der Waals surface area contributed by atoms with Gasteiger partial charge < -0.3 is 5.73 Å². The first-order valence-corrected chi connectivity index (χ1v) is 7.52. The van der Waals surface area contributed by atoms with Crippen LogP contribution in [0, 0.1) is 5.92 Å². The Morgan fingerprint density at radius 1 is 1.29 bits per heavy atom. The monoisotopic (exact) mass is 271 g/mol. The van der Waals surface area contributed by atoms with E-state index >= 15 is 0 Å². The second kappa shape index (κ2) is 7.30. The number of hydrogen-bond donors (Lipinski definition) is 1. The first kappa shape index (κ1) is 14.9. The summed E-state index contributed by atoms with van der Waals surface area (Å²) in [6.45, 7) is 6.52. The maximum atomic E-state index is 6.25. The molecule has 1 aromatic rings. The summed E-state index contributed by atoms with van der Waals surface area (Å²) in [4.78, 5) is 1.29. The molecule has 0 aromatic heterocycles. The summed E-state index contributed by atoms with van der Waals surface area (Å²) in [6, 6.07) is 6.27. The fraction of sp³-hybridized carbons (Fsp3) is 0.571. The molecule has 0 bridgehead atoms. The number of nitrogens with two attached hydrogens (primary N) is 1. The van der Waals surface area contributed by atoms with E-state index < -0.39 is 0 Å². The van der Waals surface area contributed by atoms with Crippen molar-refractivity contribution < 1.29 is 0 Å². The van der Waals surface area contributed by atoms with E-state index in [2.05, 4.69) is 19.9 Å². The summed E-state index contributed by atoms with van der Waals surface area (Å²) in [5, 5.41) is 0.844. The second-order valence-electron chi connectivity index (χ2n) is 4.93. The van der Waals surface area contributed by atoms with Gasteiger partial charge in [-0.05, 0) is 49.1 Å². The SMILES string of the molecule is CC(C)CCSc1cccc(Cl)c1CC(C)N. The molecule has 96 valence electrons. The maximum absolute atomic E-state index is 6.25. The van der Waals surface area contributed by atoms with Gasteiger partial charge in [-0.1, -0.05) is 31.5 Å². The third-order valence-electron chi connectivity index (χ3n) is 2.55. The van der Waals surface area contributed by atoms with Gasteiger partial charge in [-0.15, -0.1) is 11.8 Å². The lowest BCUT2D eigenvalue weighted by molar-refractivity contribution is 0.632. The zero-order chi connectivity index (χ0) is 12.8. The fourth-order valence-corrected chi connectivity index (χ4v) is 3.26. The van der Waals surface area contributed by atoms with Gasteiger partial charge >= 0.3 is 0 Å². The average molecular weight is 272 g/mol. The molecule has 0 aliphatic heterocycles. The highest BCUT2D eigenvalue weighted by atomic mass is 35.5. The average Bonchev–Trinajstić information content (AvgIpc) is 2.22. The predicted octanol–water partition coefficient (Wildman–Crippen LogP) is 4.37. The molecule has 0 aliphatic carbocycles. The predicted molar refractivity (Wildman–Crippen MR) is 79.0 cm³/mol. The van der Waals surface area contributed by atoms with Crippen LogP contribution in [0.2, 0.25) is 5.02 Å². The largest absolute Gasteiger partial charge is 0.328 e. The van der Waals surface area contributed by atoms with Crippen LogP contribution in [0.25, 0.3) is 0 Å². The molecule has 1 atom stereocenters. The molecule has 2 N–H and O–H groups in total. The van der Waals surface area contributed by atoms with Crippen molar-refractivity contribution in [2.45, 2.75) is 44.6 Å². The highest BCUT2D eigenvalue weighted by Crippen LogP contribution is 2.30. The molecule has 0 saturated heterocycles. The van der Waals surface area contributed by atoms with Crippen LogP contribution in [-0.4, -0.2) is 11.8 Å². The summed E-state index contributed by atoms with van der Waals surface area (Å²) >= 11 is 8.14. The minimum absolute atomic E-state index is 0.152. The second-order valence-corrected chi connectivity index (χ2v) is 6.47. The lowest BCUT2D eigenvalue weighted by Gasteiger charge is -2.13. The molecule has 0 aliphatic rings. The first-order valence-electron chi connectivity index (χ1n) is 6.16. The molecule has 1 unspecified atom stereocenters. The highest BCUT2D eigenvalue weighted by Gasteiger charge is 2.09. The van der Waals surface area contributed by atoms with E-state index in [1.54, 1.807) is 0 Å². The van der Waals surface area contributed by atoms with Crippen LogP contribution < -0.4 is 5.73 Å². The van der Waals surface area contributed by atoms with Crippen LogP contribution in [0.5, 0.6) is 0 Å². The normalized spacial score (nSPS) is 13.1. The van der Waals surface area contributed by atoms with Crippen LogP contribution >= 0.6 is 23.4 Å². The van der Waals surface area contributed by atoms with E-state index in [-0.39, 0.29) is 6.04 Å². The van der Waals surface area contributed by atoms with Crippen LogP contribution in [0.15, 0.2) is 23.1 Å². The van der Waals surface area contributed by atoms with Gasteiger partial charge in [0.1, 0.15) is 0 Å². The Hall–Kier alpha value is -0.180. The van der Waals surface area contributed by atoms with Crippen molar-refractivity contribution in [2.75, 3.05) is 5.75 Å². The molecule has 1 nitrogen and oxygen atoms in total. The van der Waals surface area contributed by atoms with Gasteiger partial charge in [-0.25, -0.2) is 0 Å². The zero-order valence-corrected chi connectivity index (χ0v) is 12.4. The number of halogens is 1. The Morgan fingerprint density at radius 3 is 2.59 bits per heavy atom. The standard InChI is InChI=1S/C14H22ClNS/c1-10(2)7-8-17-14-6-4-5-13(15)12(14)9-11(3)16/h4-6,10-11H,7-9,16H2,1-3H3. The lowest BCUT2D eigenvalue weighted by Crippen LogP contribution is -2.18. The molecule has 3 heteroatoms. The van der Waals surface area contributed by atoms with Crippen molar-refractivity contribution in [1.82, 2.24) is 0 Å². The minimum atomic E-state index is 0.152. The van der Waals surface area contributed by atoms with E-state index in [1.807, 2.05) is 30.8 Å². The van der Waals surface area contributed by atoms with Gasteiger partial charge in [-0.2, -0.15) is 0 Å². The summed E-state index contributed by atoms with van der Waals surface area (Å²) in [6.07, 6.45) is 2.08. The van der Waals surface area contributed by atoms with Crippen molar-refractivity contribution in [1.29, 1.82) is 0 Å². The lowest BCUT2D eigenvalue weighted by atomic mass is 10.1. The van der Waals surface area contributed by atoms with Gasteiger partial charge in [0.2, 0.25) is 0 Å². The van der Waals surface area contributed by atoms with Crippen LogP contribution in [0.3, 0.4) is 0 Å². The first-order chi connectivity index (χ1) is 8.00. The summed E-state index contributed by atoms with van der Waals surface area (Å²) in [5.41, 5.74) is 7.08. The Labute approximate surface area is 114 Å². The van der Waals surface area contributed by atoms with E-state index in [4.69, 9.17) is 17.3 Å². The van der Waals surface area contributed by atoms with Crippen molar-refractivity contribution in [3.63, 3.8) is 0 Å². The van der Waals surface area contributed by atoms with Gasteiger partial charge in [0, 0.05) is 16.0 Å². The van der Waals surface area contributed by atoms with Gasteiger partial charge in [0.05, 0.1) is 0 Å². The van der Waals surface area contributed by atoms with Crippen molar-refractivity contribution >= 4 is 23.4 Å². The number of thioether (sulfide) groups is 1. The molecule has 0 heterocycles. The van der Waals surface area contributed by atoms with Crippen molar-refractivity contribution in [3.05, 3.63) is 28.8 Å². The third kappa shape index (κ3) is 5.33. The van der Waals surface area contributed by atoms with Gasteiger partial charge in [0.15, 0.2) is 0 Å². The molecule has 0 fully saturated rings. The summed E-state index contributed by atoms with van der Waals surface area (Å²) in [5.74, 6) is 1.89. The van der Waals surface area contributed by atoms with E-state index in [0.29, 0.717) is 0 Å². The number of rotatable bonds is 6. The molecule has 1 aromatic carbocycles.